The van der Waals surface area contributed by atoms with Crippen molar-refractivity contribution in [3.63, 3.8) is 0 Å². The molecule has 0 unspecified atom stereocenters. The number of amides is 2. The molecular formula is C22H19ClN4O2. The Labute approximate surface area is 173 Å². The van der Waals surface area contributed by atoms with E-state index in [1.807, 2.05) is 36.4 Å². The lowest BCUT2D eigenvalue weighted by molar-refractivity contribution is 0.102. The van der Waals surface area contributed by atoms with Crippen molar-refractivity contribution < 1.29 is 9.59 Å². The van der Waals surface area contributed by atoms with Crippen LogP contribution in [0.2, 0.25) is 0 Å². The smallest absolute Gasteiger partial charge is 0.255 e. The molecule has 7 heteroatoms. The maximum atomic E-state index is 12.7. The van der Waals surface area contributed by atoms with Crippen LogP contribution < -0.4 is 16.4 Å². The van der Waals surface area contributed by atoms with Crippen LogP contribution >= 0.6 is 11.6 Å². The van der Waals surface area contributed by atoms with E-state index in [2.05, 4.69) is 15.6 Å². The number of carbonyl (C=O) groups is 2. The second-order valence-corrected chi connectivity index (χ2v) is 6.41. The van der Waals surface area contributed by atoms with Crippen molar-refractivity contribution in [3.8, 4) is 0 Å². The maximum absolute atomic E-state index is 12.7. The van der Waals surface area contributed by atoms with Crippen LogP contribution in [0.25, 0.3) is 0 Å². The minimum atomic E-state index is -0.369. The molecule has 2 amide bonds. The third kappa shape index (κ3) is 5.67. The predicted molar refractivity (Wildman–Crippen MR) is 117 cm³/mol. The Bertz CT molecular complexity index is 965. The molecule has 0 fully saturated rings. The molecule has 0 bridgehead atoms. The number of benzene rings is 3. The molecule has 146 valence electrons. The van der Waals surface area contributed by atoms with E-state index in [-0.39, 0.29) is 34.7 Å². The fourth-order valence-corrected chi connectivity index (χ4v) is 2.64. The van der Waals surface area contributed by atoms with Crippen molar-refractivity contribution in [1.29, 1.82) is 0 Å². The monoisotopic (exact) mass is 406 g/mol. The summed E-state index contributed by atoms with van der Waals surface area (Å²) in [5, 5.41) is 5.58. The molecule has 0 saturated carbocycles. The Hall–Kier alpha value is -3.64. The van der Waals surface area contributed by atoms with E-state index in [4.69, 9.17) is 17.3 Å². The van der Waals surface area contributed by atoms with Gasteiger partial charge in [-0.05, 0) is 42.5 Å². The summed E-state index contributed by atoms with van der Waals surface area (Å²) in [6, 6.07) is 22.7. The normalized spacial score (nSPS) is 11.0. The van der Waals surface area contributed by atoms with Crippen LogP contribution in [0.15, 0.2) is 83.9 Å². The molecule has 0 aromatic heterocycles. The SMILES string of the molecule is NC(CCl)=Nc1cc(C(=O)Nc2ccccc2)cc(C(=O)Nc2ccccc2)c1. The first-order chi connectivity index (χ1) is 14.0. The quantitative estimate of drug-likeness (QED) is 0.321. The van der Waals surface area contributed by atoms with Gasteiger partial charge in [0.05, 0.1) is 11.6 Å². The Kier molecular flexibility index (Phi) is 6.60. The van der Waals surface area contributed by atoms with E-state index in [1.165, 1.54) is 6.07 Å². The van der Waals surface area contributed by atoms with Crippen molar-refractivity contribution >= 4 is 46.3 Å². The van der Waals surface area contributed by atoms with Crippen LogP contribution in [-0.2, 0) is 0 Å². The zero-order chi connectivity index (χ0) is 20.6. The van der Waals surface area contributed by atoms with E-state index in [0.717, 1.165) is 0 Å². The van der Waals surface area contributed by atoms with E-state index >= 15 is 0 Å². The number of nitrogens with one attached hydrogen (secondary N) is 2. The molecule has 29 heavy (non-hydrogen) atoms. The average molecular weight is 407 g/mol. The van der Waals surface area contributed by atoms with Crippen LogP contribution in [0.5, 0.6) is 0 Å². The Morgan fingerprint density at radius 3 is 1.66 bits per heavy atom. The van der Waals surface area contributed by atoms with Crippen LogP contribution in [0.4, 0.5) is 17.1 Å². The van der Waals surface area contributed by atoms with Gasteiger partial charge >= 0.3 is 0 Å². The van der Waals surface area contributed by atoms with Gasteiger partial charge < -0.3 is 16.4 Å². The first kappa shape index (κ1) is 20.1. The topological polar surface area (TPSA) is 96.6 Å². The first-order valence-corrected chi connectivity index (χ1v) is 9.35. The summed E-state index contributed by atoms with van der Waals surface area (Å²) in [6.45, 7) is 0. The molecule has 3 aromatic carbocycles. The molecule has 0 atom stereocenters. The van der Waals surface area contributed by atoms with E-state index < -0.39 is 0 Å². The van der Waals surface area contributed by atoms with Gasteiger partial charge in [0.15, 0.2) is 0 Å². The summed E-state index contributed by atoms with van der Waals surface area (Å²) in [4.78, 5) is 29.6. The summed E-state index contributed by atoms with van der Waals surface area (Å²) in [5.74, 6) is -0.522. The number of nitrogens with zero attached hydrogens (tertiary/aromatic N) is 1. The van der Waals surface area contributed by atoms with Crippen molar-refractivity contribution in [2.24, 2.45) is 10.7 Å². The van der Waals surface area contributed by atoms with E-state index in [9.17, 15) is 9.59 Å². The second kappa shape index (κ2) is 9.52. The molecule has 3 aromatic rings. The van der Waals surface area contributed by atoms with E-state index in [0.29, 0.717) is 17.1 Å². The number of hydrogen-bond acceptors (Lipinski definition) is 3. The number of aliphatic imine (C=N–C) groups is 1. The van der Waals surface area contributed by atoms with Gasteiger partial charge in [0.2, 0.25) is 0 Å². The zero-order valence-corrected chi connectivity index (χ0v) is 16.2. The maximum Gasteiger partial charge on any atom is 0.255 e. The van der Waals surface area contributed by atoms with Crippen LogP contribution in [0.1, 0.15) is 20.7 Å². The third-order valence-electron chi connectivity index (χ3n) is 3.92. The highest BCUT2D eigenvalue weighted by Gasteiger charge is 2.14. The van der Waals surface area contributed by atoms with Crippen molar-refractivity contribution in [2.75, 3.05) is 16.5 Å². The van der Waals surface area contributed by atoms with Gasteiger partial charge in [-0.2, -0.15) is 0 Å². The lowest BCUT2D eigenvalue weighted by Gasteiger charge is -2.10. The third-order valence-corrected chi connectivity index (χ3v) is 4.19. The zero-order valence-electron chi connectivity index (χ0n) is 15.4. The lowest BCUT2D eigenvalue weighted by Crippen LogP contribution is -2.16. The van der Waals surface area contributed by atoms with Crippen LogP contribution in [-0.4, -0.2) is 23.5 Å². The number of rotatable bonds is 6. The predicted octanol–water partition coefficient (Wildman–Crippen LogP) is 4.42. The van der Waals surface area contributed by atoms with Crippen LogP contribution in [0, 0.1) is 0 Å². The fraction of sp³-hybridized carbons (Fsp3) is 0.0455. The molecule has 0 heterocycles. The molecule has 0 radical (unpaired) electrons. The van der Waals surface area contributed by atoms with E-state index in [1.54, 1.807) is 36.4 Å². The number of para-hydroxylation sites is 2. The molecule has 6 nitrogen and oxygen atoms in total. The molecule has 3 rings (SSSR count). The molecule has 0 aliphatic rings. The summed E-state index contributed by atoms with van der Waals surface area (Å²) in [6.07, 6.45) is 0. The summed E-state index contributed by atoms with van der Waals surface area (Å²) in [7, 11) is 0. The Morgan fingerprint density at radius 2 is 1.24 bits per heavy atom. The fourth-order valence-electron chi connectivity index (χ4n) is 2.58. The van der Waals surface area contributed by atoms with Gasteiger partial charge in [0.1, 0.15) is 5.84 Å². The summed E-state index contributed by atoms with van der Waals surface area (Å²) >= 11 is 5.71. The van der Waals surface area contributed by atoms with Gasteiger partial charge in [0.25, 0.3) is 11.8 Å². The second-order valence-electron chi connectivity index (χ2n) is 6.15. The number of hydrogen-bond donors (Lipinski definition) is 3. The highest BCUT2D eigenvalue weighted by Crippen LogP contribution is 2.21. The molecule has 0 aliphatic heterocycles. The van der Waals surface area contributed by atoms with Gasteiger partial charge in [0, 0.05) is 22.5 Å². The van der Waals surface area contributed by atoms with Gasteiger partial charge in [-0.25, -0.2) is 4.99 Å². The van der Waals surface area contributed by atoms with Gasteiger partial charge in [-0.15, -0.1) is 11.6 Å². The first-order valence-electron chi connectivity index (χ1n) is 8.82. The van der Waals surface area contributed by atoms with Crippen molar-refractivity contribution in [1.82, 2.24) is 0 Å². The summed E-state index contributed by atoms with van der Waals surface area (Å²) < 4.78 is 0. The summed E-state index contributed by atoms with van der Waals surface area (Å²) in [5.41, 5.74) is 7.91. The molecular weight excluding hydrogens is 388 g/mol. The molecule has 0 spiro atoms. The van der Waals surface area contributed by atoms with Crippen molar-refractivity contribution in [3.05, 3.63) is 90.0 Å². The molecule has 0 saturated heterocycles. The minimum Gasteiger partial charge on any atom is -0.386 e. The average Bonchev–Trinajstić information content (AvgIpc) is 2.74. The minimum absolute atomic E-state index is 0.0337. The number of carbonyl (C=O) groups excluding carboxylic acids is 2. The Balaban J connectivity index is 1.92. The van der Waals surface area contributed by atoms with Gasteiger partial charge in [-0.1, -0.05) is 36.4 Å². The number of alkyl halides is 1. The van der Waals surface area contributed by atoms with Crippen LogP contribution in [0.3, 0.4) is 0 Å². The number of nitrogens with two attached hydrogens (primary N) is 1. The highest BCUT2D eigenvalue weighted by molar-refractivity contribution is 6.28. The highest BCUT2D eigenvalue weighted by atomic mass is 35.5. The standard InChI is InChI=1S/C22H19ClN4O2/c23-14-20(24)25-19-12-15(21(28)26-17-7-3-1-4-8-17)11-16(13-19)22(29)27-18-9-5-2-6-10-18/h1-13H,14H2,(H2,24,25)(H,26,28)(H,27,29). The lowest BCUT2D eigenvalue weighted by atomic mass is 10.1. The number of anilines is 2. The van der Waals surface area contributed by atoms with Gasteiger partial charge in [-0.3, -0.25) is 9.59 Å². The Morgan fingerprint density at radius 1 is 0.793 bits per heavy atom. The largest absolute Gasteiger partial charge is 0.386 e. The number of amidine groups is 1. The van der Waals surface area contributed by atoms with Crippen molar-refractivity contribution in [2.45, 2.75) is 0 Å². The number of halogens is 1. The molecule has 4 N–H and O–H groups in total. The molecule has 0 aliphatic carbocycles.